The number of benzene rings is 1. The van der Waals surface area contributed by atoms with E-state index in [1.54, 1.807) is 0 Å². The SMILES string of the molecule is O=C(Nc1cc(C(=O)O)c(F)cc1F)c1ccn[nH]1. The predicted octanol–water partition coefficient (Wildman–Crippen LogP) is 1.64. The smallest absolute Gasteiger partial charge is 0.338 e. The number of hydrogen-bond donors (Lipinski definition) is 3. The van der Waals surface area contributed by atoms with Gasteiger partial charge in [0.25, 0.3) is 5.91 Å². The zero-order chi connectivity index (χ0) is 14.0. The molecule has 0 aliphatic rings. The summed E-state index contributed by atoms with van der Waals surface area (Å²) in [6.45, 7) is 0. The van der Waals surface area contributed by atoms with E-state index >= 15 is 0 Å². The maximum atomic E-state index is 13.4. The first kappa shape index (κ1) is 12.7. The van der Waals surface area contributed by atoms with Gasteiger partial charge in [0.05, 0.1) is 11.3 Å². The number of halogens is 2. The first-order valence-corrected chi connectivity index (χ1v) is 5.02. The Kier molecular flexibility index (Phi) is 3.23. The quantitative estimate of drug-likeness (QED) is 0.787. The summed E-state index contributed by atoms with van der Waals surface area (Å²) in [6, 6.07) is 2.45. The Morgan fingerprint density at radius 2 is 2.00 bits per heavy atom. The predicted molar refractivity (Wildman–Crippen MR) is 59.9 cm³/mol. The van der Waals surface area contributed by atoms with Gasteiger partial charge in [-0.15, -0.1) is 0 Å². The Hall–Kier alpha value is -2.77. The molecule has 0 radical (unpaired) electrons. The summed E-state index contributed by atoms with van der Waals surface area (Å²) in [5.74, 6) is -4.58. The molecular formula is C11H7F2N3O3. The summed E-state index contributed by atoms with van der Waals surface area (Å²) in [5.41, 5.74) is -1.11. The highest BCUT2D eigenvalue weighted by Crippen LogP contribution is 2.20. The highest BCUT2D eigenvalue weighted by atomic mass is 19.1. The third-order valence-electron chi connectivity index (χ3n) is 2.28. The molecule has 0 atom stereocenters. The van der Waals surface area contributed by atoms with Crippen LogP contribution >= 0.6 is 0 Å². The van der Waals surface area contributed by atoms with E-state index in [1.165, 1.54) is 12.3 Å². The lowest BCUT2D eigenvalue weighted by molar-refractivity contribution is 0.0691. The molecule has 0 aliphatic carbocycles. The van der Waals surface area contributed by atoms with Crippen LogP contribution in [0.4, 0.5) is 14.5 Å². The van der Waals surface area contributed by atoms with E-state index in [-0.39, 0.29) is 5.69 Å². The van der Waals surface area contributed by atoms with Gasteiger partial charge in [-0.1, -0.05) is 0 Å². The molecule has 1 aromatic heterocycles. The molecule has 0 unspecified atom stereocenters. The second-order valence-corrected chi connectivity index (χ2v) is 3.54. The molecule has 2 rings (SSSR count). The van der Waals surface area contributed by atoms with Gasteiger partial charge in [-0.3, -0.25) is 9.89 Å². The molecule has 1 heterocycles. The molecule has 3 N–H and O–H groups in total. The van der Waals surface area contributed by atoms with Gasteiger partial charge in [-0.05, 0) is 12.1 Å². The lowest BCUT2D eigenvalue weighted by Crippen LogP contribution is -2.15. The molecule has 0 saturated carbocycles. The topological polar surface area (TPSA) is 95.1 Å². The van der Waals surface area contributed by atoms with E-state index in [0.717, 1.165) is 0 Å². The first-order valence-electron chi connectivity index (χ1n) is 5.02. The third kappa shape index (κ3) is 2.57. The minimum Gasteiger partial charge on any atom is -0.478 e. The van der Waals surface area contributed by atoms with Crippen LogP contribution in [0.25, 0.3) is 0 Å². The van der Waals surface area contributed by atoms with E-state index < -0.39 is 34.8 Å². The second kappa shape index (κ2) is 4.84. The number of nitrogens with zero attached hydrogens (tertiary/aromatic N) is 1. The molecule has 0 spiro atoms. The summed E-state index contributed by atoms with van der Waals surface area (Å²) < 4.78 is 26.6. The van der Waals surface area contributed by atoms with Crippen LogP contribution in [0.2, 0.25) is 0 Å². The fourth-order valence-electron chi connectivity index (χ4n) is 1.38. The lowest BCUT2D eigenvalue weighted by atomic mass is 10.1. The van der Waals surface area contributed by atoms with Crippen molar-refractivity contribution in [1.29, 1.82) is 0 Å². The maximum Gasteiger partial charge on any atom is 0.338 e. The van der Waals surface area contributed by atoms with Crippen LogP contribution in [0.15, 0.2) is 24.4 Å². The van der Waals surface area contributed by atoms with Crippen molar-refractivity contribution in [3.05, 3.63) is 47.3 Å². The van der Waals surface area contributed by atoms with Crippen LogP contribution in [-0.4, -0.2) is 27.2 Å². The van der Waals surface area contributed by atoms with E-state index in [1.807, 2.05) is 0 Å². The normalized spacial score (nSPS) is 10.2. The largest absolute Gasteiger partial charge is 0.478 e. The number of nitrogens with one attached hydrogen (secondary N) is 2. The van der Waals surface area contributed by atoms with Gasteiger partial charge < -0.3 is 10.4 Å². The third-order valence-corrected chi connectivity index (χ3v) is 2.28. The van der Waals surface area contributed by atoms with Gasteiger partial charge >= 0.3 is 5.97 Å². The molecule has 19 heavy (non-hydrogen) atoms. The van der Waals surface area contributed by atoms with Crippen LogP contribution in [0.3, 0.4) is 0 Å². The number of anilines is 1. The standard InChI is InChI=1S/C11H7F2N3O3/c12-6-4-7(13)9(3-5(6)11(18)19)15-10(17)8-1-2-14-16-8/h1-4H,(H,14,16)(H,15,17)(H,18,19). The van der Waals surface area contributed by atoms with Gasteiger partial charge in [0.2, 0.25) is 0 Å². The average molecular weight is 267 g/mol. The Bertz CT molecular complexity index is 641. The Morgan fingerprint density at radius 1 is 1.26 bits per heavy atom. The number of aromatic amines is 1. The van der Waals surface area contributed by atoms with Crippen LogP contribution in [0.1, 0.15) is 20.8 Å². The summed E-state index contributed by atoms with van der Waals surface area (Å²) >= 11 is 0. The van der Waals surface area contributed by atoms with Crippen molar-refractivity contribution in [3.8, 4) is 0 Å². The van der Waals surface area contributed by atoms with Crippen molar-refractivity contribution in [2.75, 3.05) is 5.32 Å². The number of H-pyrrole nitrogens is 1. The Morgan fingerprint density at radius 3 is 2.58 bits per heavy atom. The Balaban J connectivity index is 2.32. The molecular weight excluding hydrogens is 260 g/mol. The summed E-state index contributed by atoms with van der Waals surface area (Å²) in [4.78, 5) is 22.3. The van der Waals surface area contributed by atoms with Crippen LogP contribution in [-0.2, 0) is 0 Å². The molecule has 0 bridgehead atoms. The van der Waals surface area contributed by atoms with Gasteiger partial charge in [0.1, 0.15) is 17.3 Å². The Labute approximate surface area is 105 Å². The maximum absolute atomic E-state index is 13.4. The number of carbonyl (C=O) groups is 2. The van der Waals surface area contributed by atoms with Gasteiger partial charge in [-0.2, -0.15) is 5.10 Å². The minimum atomic E-state index is -1.56. The van der Waals surface area contributed by atoms with Crippen LogP contribution in [0, 0.1) is 11.6 Å². The minimum absolute atomic E-state index is 0.0561. The number of amides is 1. The number of carbonyl (C=O) groups excluding carboxylic acids is 1. The molecule has 8 heteroatoms. The zero-order valence-electron chi connectivity index (χ0n) is 9.28. The molecule has 98 valence electrons. The zero-order valence-corrected chi connectivity index (χ0v) is 9.28. The van der Waals surface area contributed by atoms with Crippen molar-refractivity contribution in [1.82, 2.24) is 10.2 Å². The molecule has 0 fully saturated rings. The number of carboxylic acids is 1. The highest BCUT2D eigenvalue weighted by molar-refractivity contribution is 6.03. The van der Waals surface area contributed by atoms with E-state index in [9.17, 15) is 18.4 Å². The highest BCUT2D eigenvalue weighted by Gasteiger charge is 2.17. The van der Waals surface area contributed by atoms with Crippen molar-refractivity contribution in [3.63, 3.8) is 0 Å². The number of hydrogen-bond acceptors (Lipinski definition) is 3. The summed E-state index contributed by atoms with van der Waals surface area (Å²) in [7, 11) is 0. The number of rotatable bonds is 3. The fourth-order valence-corrected chi connectivity index (χ4v) is 1.38. The summed E-state index contributed by atoms with van der Waals surface area (Å²) in [6.07, 6.45) is 1.32. The molecule has 0 saturated heterocycles. The molecule has 2 aromatic rings. The molecule has 1 amide bonds. The second-order valence-electron chi connectivity index (χ2n) is 3.54. The number of aromatic carboxylic acids is 1. The van der Waals surface area contributed by atoms with E-state index in [0.29, 0.717) is 12.1 Å². The van der Waals surface area contributed by atoms with Crippen molar-refractivity contribution in [2.24, 2.45) is 0 Å². The number of aromatic nitrogens is 2. The van der Waals surface area contributed by atoms with Crippen LogP contribution < -0.4 is 5.32 Å². The monoisotopic (exact) mass is 267 g/mol. The van der Waals surface area contributed by atoms with Crippen molar-refractivity contribution >= 4 is 17.6 Å². The summed E-state index contributed by atoms with van der Waals surface area (Å²) in [5, 5.41) is 16.7. The van der Waals surface area contributed by atoms with Crippen molar-refractivity contribution < 1.29 is 23.5 Å². The van der Waals surface area contributed by atoms with Crippen LogP contribution in [0.5, 0.6) is 0 Å². The van der Waals surface area contributed by atoms with Gasteiger partial charge in [0, 0.05) is 12.3 Å². The van der Waals surface area contributed by atoms with E-state index in [2.05, 4.69) is 15.5 Å². The van der Waals surface area contributed by atoms with Gasteiger partial charge in [0.15, 0.2) is 0 Å². The first-order chi connectivity index (χ1) is 8.99. The average Bonchev–Trinajstić information content (AvgIpc) is 2.85. The lowest BCUT2D eigenvalue weighted by Gasteiger charge is -2.07. The van der Waals surface area contributed by atoms with Crippen molar-refractivity contribution in [2.45, 2.75) is 0 Å². The molecule has 0 aliphatic heterocycles. The van der Waals surface area contributed by atoms with E-state index in [4.69, 9.17) is 5.11 Å². The number of carboxylic acid groups (broad SMARTS) is 1. The molecule has 6 nitrogen and oxygen atoms in total. The molecule has 1 aromatic carbocycles. The van der Waals surface area contributed by atoms with Gasteiger partial charge in [-0.25, -0.2) is 13.6 Å². The fraction of sp³-hybridized carbons (Fsp3) is 0.